The summed E-state index contributed by atoms with van der Waals surface area (Å²) in [6.07, 6.45) is 1.82. The minimum Gasteiger partial charge on any atom is -0.327 e. The first-order valence-corrected chi connectivity index (χ1v) is 6.35. The molecule has 2 aromatic rings. The second kappa shape index (κ2) is 4.80. The van der Waals surface area contributed by atoms with E-state index in [4.69, 9.17) is 5.73 Å². The molecule has 0 fully saturated rings. The van der Waals surface area contributed by atoms with Gasteiger partial charge in [-0.3, -0.25) is 4.68 Å². The Labute approximate surface area is 99.9 Å². The highest BCUT2D eigenvalue weighted by atomic mass is 32.1. The van der Waals surface area contributed by atoms with E-state index in [0.717, 1.165) is 18.5 Å². The van der Waals surface area contributed by atoms with Crippen molar-refractivity contribution in [2.24, 2.45) is 12.8 Å². The van der Waals surface area contributed by atoms with Crippen LogP contribution in [0.25, 0.3) is 0 Å². The molecule has 1 atom stereocenters. The molecule has 2 aromatic heterocycles. The molecule has 16 heavy (non-hydrogen) atoms. The topological polar surface area (TPSA) is 43.8 Å². The summed E-state index contributed by atoms with van der Waals surface area (Å²) in [7, 11) is 1.97. The summed E-state index contributed by atoms with van der Waals surface area (Å²) in [5, 5.41) is 8.58. The third-order valence-electron chi connectivity index (χ3n) is 2.65. The normalized spacial score (nSPS) is 12.9. The maximum absolute atomic E-state index is 6.14. The zero-order valence-corrected chi connectivity index (χ0v) is 10.5. The molecule has 2 heterocycles. The molecule has 0 bridgehead atoms. The second-order valence-electron chi connectivity index (χ2n) is 4.20. The zero-order chi connectivity index (χ0) is 11.5. The fourth-order valence-corrected chi connectivity index (χ4v) is 2.59. The molecule has 0 spiro atoms. The maximum atomic E-state index is 6.14. The lowest BCUT2D eigenvalue weighted by molar-refractivity contribution is 0.613. The van der Waals surface area contributed by atoms with Gasteiger partial charge < -0.3 is 5.73 Å². The minimum atomic E-state index is 0.171. The van der Waals surface area contributed by atoms with Crippen molar-refractivity contribution in [2.75, 3.05) is 0 Å². The van der Waals surface area contributed by atoms with E-state index in [1.807, 2.05) is 18.7 Å². The maximum Gasteiger partial charge on any atom is 0.0596 e. The van der Waals surface area contributed by atoms with Crippen LogP contribution in [0.2, 0.25) is 0 Å². The lowest BCUT2D eigenvalue weighted by Gasteiger charge is -2.10. The van der Waals surface area contributed by atoms with Gasteiger partial charge in [0.25, 0.3) is 0 Å². The SMILES string of the molecule is Cc1cc(CC(N)Cc2ccsc2)n(C)n1. The Morgan fingerprint density at radius 1 is 1.50 bits per heavy atom. The van der Waals surface area contributed by atoms with Gasteiger partial charge in [-0.25, -0.2) is 0 Å². The summed E-state index contributed by atoms with van der Waals surface area (Å²) in [6, 6.07) is 4.41. The molecule has 0 radical (unpaired) electrons. The molecule has 1 unspecified atom stereocenters. The van der Waals surface area contributed by atoms with E-state index in [2.05, 4.69) is 28.0 Å². The summed E-state index contributed by atoms with van der Waals surface area (Å²) < 4.78 is 1.92. The average Bonchev–Trinajstić information content (AvgIpc) is 2.78. The summed E-state index contributed by atoms with van der Waals surface area (Å²) in [5.41, 5.74) is 9.73. The van der Waals surface area contributed by atoms with Crippen LogP contribution in [0.15, 0.2) is 22.9 Å². The molecule has 86 valence electrons. The molecule has 2 rings (SSSR count). The Kier molecular flexibility index (Phi) is 3.41. The van der Waals surface area contributed by atoms with E-state index >= 15 is 0 Å². The predicted octanol–water partition coefficient (Wildman–Crippen LogP) is 1.90. The van der Waals surface area contributed by atoms with Gasteiger partial charge in [-0.2, -0.15) is 16.4 Å². The van der Waals surface area contributed by atoms with Crippen molar-refractivity contribution in [3.05, 3.63) is 39.8 Å². The Morgan fingerprint density at radius 2 is 2.31 bits per heavy atom. The number of hydrogen-bond acceptors (Lipinski definition) is 3. The van der Waals surface area contributed by atoms with Crippen molar-refractivity contribution in [3.8, 4) is 0 Å². The van der Waals surface area contributed by atoms with Gasteiger partial charge in [0.15, 0.2) is 0 Å². The smallest absolute Gasteiger partial charge is 0.0596 e. The van der Waals surface area contributed by atoms with Crippen molar-refractivity contribution in [2.45, 2.75) is 25.8 Å². The predicted molar refractivity (Wildman–Crippen MR) is 67.6 cm³/mol. The van der Waals surface area contributed by atoms with E-state index in [0.29, 0.717) is 0 Å². The molecule has 0 amide bonds. The zero-order valence-electron chi connectivity index (χ0n) is 9.68. The number of rotatable bonds is 4. The molecular weight excluding hydrogens is 218 g/mol. The van der Waals surface area contributed by atoms with Gasteiger partial charge in [0.05, 0.1) is 5.69 Å². The summed E-state index contributed by atoms with van der Waals surface area (Å²) in [6.45, 7) is 2.01. The quantitative estimate of drug-likeness (QED) is 0.879. The Bertz CT molecular complexity index is 445. The fraction of sp³-hybridized carbons (Fsp3) is 0.417. The van der Waals surface area contributed by atoms with Crippen LogP contribution >= 0.6 is 11.3 Å². The number of aryl methyl sites for hydroxylation is 2. The van der Waals surface area contributed by atoms with Crippen LogP contribution in [0.4, 0.5) is 0 Å². The molecule has 0 aliphatic rings. The van der Waals surface area contributed by atoms with E-state index in [9.17, 15) is 0 Å². The van der Waals surface area contributed by atoms with Crippen molar-refractivity contribution in [1.82, 2.24) is 9.78 Å². The fourth-order valence-electron chi connectivity index (χ4n) is 1.91. The second-order valence-corrected chi connectivity index (χ2v) is 4.98. The molecule has 0 aromatic carbocycles. The first-order chi connectivity index (χ1) is 7.65. The van der Waals surface area contributed by atoms with Crippen LogP contribution in [-0.2, 0) is 19.9 Å². The monoisotopic (exact) mass is 235 g/mol. The summed E-state index contributed by atoms with van der Waals surface area (Å²) >= 11 is 1.72. The Morgan fingerprint density at radius 3 is 2.88 bits per heavy atom. The van der Waals surface area contributed by atoms with E-state index in [1.165, 1.54) is 11.3 Å². The number of nitrogens with two attached hydrogens (primary N) is 1. The highest BCUT2D eigenvalue weighted by molar-refractivity contribution is 7.07. The van der Waals surface area contributed by atoms with Crippen LogP contribution in [0, 0.1) is 6.92 Å². The van der Waals surface area contributed by atoms with Gasteiger partial charge in [0, 0.05) is 25.2 Å². The van der Waals surface area contributed by atoms with Gasteiger partial charge in [-0.05, 0) is 41.8 Å². The molecule has 2 N–H and O–H groups in total. The molecular formula is C12H17N3S. The lowest BCUT2D eigenvalue weighted by atomic mass is 10.1. The van der Waals surface area contributed by atoms with Crippen molar-refractivity contribution in [3.63, 3.8) is 0 Å². The molecule has 0 aliphatic carbocycles. The highest BCUT2D eigenvalue weighted by Gasteiger charge is 2.09. The van der Waals surface area contributed by atoms with Crippen LogP contribution in [-0.4, -0.2) is 15.8 Å². The summed E-state index contributed by atoms with van der Waals surface area (Å²) in [5.74, 6) is 0. The average molecular weight is 235 g/mol. The molecule has 0 saturated carbocycles. The van der Waals surface area contributed by atoms with Crippen LogP contribution in [0.5, 0.6) is 0 Å². The number of thiophene rings is 1. The van der Waals surface area contributed by atoms with Crippen LogP contribution < -0.4 is 5.73 Å². The lowest BCUT2D eigenvalue weighted by Crippen LogP contribution is -2.26. The third-order valence-corrected chi connectivity index (χ3v) is 3.38. The highest BCUT2D eigenvalue weighted by Crippen LogP contribution is 2.11. The van der Waals surface area contributed by atoms with Gasteiger partial charge in [0.2, 0.25) is 0 Å². The van der Waals surface area contributed by atoms with Crippen molar-refractivity contribution < 1.29 is 0 Å². The third kappa shape index (κ3) is 2.71. The van der Waals surface area contributed by atoms with Gasteiger partial charge in [-0.15, -0.1) is 0 Å². The van der Waals surface area contributed by atoms with E-state index < -0.39 is 0 Å². The van der Waals surface area contributed by atoms with E-state index in [1.54, 1.807) is 11.3 Å². The Balaban J connectivity index is 1.97. The minimum absolute atomic E-state index is 0.171. The van der Waals surface area contributed by atoms with E-state index in [-0.39, 0.29) is 6.04 Å². The largest absolute Gasteiger partial charge is 0.327 e. The van der Waals surface area contributed by atoms with Crippen molar-refractivity contribution >= 4 is 11.3 Å². The van der Waals surface area contributed by atoms with Crippen LogP contribution in [0.1, 0.15) is 17.0 Å². The summed E-state index contributed by atoms with van der Waals surface area (Å²) in [4.78, 5) is 0. The number of hydrogen-bond donors (Lipinski definition) is 1. The molecule has 3 nitrogen and oxygen atoms in total. The number of aromatic nitrogens is 2. The number of nitrogens with zero attached hydrogens (tertiary/aromatic N) is 2. The first kappa shape index (κ1) is 11.4. The Hall–Kier alpha value is -1.13. The van der Waals surface area contributed by atoms with Gasteiger partial charge >= 0.3 is 0 Å². The van der Waals surface area contributed by atoms with Gasteiger partial charge in [-0.1, -0.05) is 0 Å². The van der Waals surface area contributed by atoms with Crippen LogP contribution in [0.3, 0.4) is 0 Å². The molecule has 4 heteroatoms. The van der Waals surface area contributed by atoms with Crippen molar-refractivity contribution in [1.29, 1.82) is 0 Å². The first-order valence-electron chi connectivity index (χ1n) is 5.41. The van der Waals surface area contributed by atoms with Gasteiger partial charge in [0.1, 0.15) is 0 Å². The molecule has 0 saturated heterocycles. The molecule has 0 aliphatic heterocycles. The standard InChI is InChI=1S/C12H17N3S/c1-9-5-12(15(2)14-9)7-11(13)6-10-3-4-16-8-10/h3-5,8,11H,6-7,13H2,1-2H3.